The van der Waals surface area contributed by atoms with Crippen LogP contribution >= 0.6 is 0 Å². The van der Waals surface area contributed by atoms with Crippen LogP contribution in [-0.4, -0.2) is 29.6 Å². The highest BCUT2D eigenvalue weighted by Crippen LogP contribution is 2.19. The summed E-state index contributed by atoms with van der Waals surface area (Å²) in [6, 6.07) is 8.10. The van der Waals surface area contributed by atoms with Gasteiger partial charge in [-0.15, -0.1) is 0 Å². The number of benzene rings is 1. The molecule has 1 aromatic heterocycles. The van der Waals surface area contributed by atoms with E-state index in [1.165, 1.54) is 6.42 Å². The fraction of sp³-hybridized carbons (Fsp3) is 0.385. The summed E-state index contributed by atoms with van der Waals surface area (Å²) in [5, 5.41) is 7.91. The summed E-state index contributed by atoms with van der Waals surface area (Å²) in [5.74, 6) is 1.66. The van der Waals surface area contributed by atoms with Crippen LogP contribution in [0.25, 0.3) is 10.9 Å². The number of fused-ring (bicyclic) bond motifs is 1. The lowest BCUT2D eigenvalue weighted by Gasteiger charge is -2.11. The van der Waals surface area contributed by atoms with E-state index in [9.17, 15) is 0 Å². The minimum atomic E-state index is 0.712. The van der Waals surface area contributed by atoms with E-state index in [1.54, 1.807) is 6.33 Å². The first-order chi connectivity index (χ1) is 8.43. The van der Waals surface area contributed by atoms with Crippen LogP contribution in [0, 0.1) is 5.92 Å². The van der Waals surface area contributed by atoms with Gasteiger partial charge in [0.2, 0.25) is 0 Å². The Balaban J connectivity index is 1.79. The number of rotatable bonds is 3. The highest BCUT2D eigenvalue weighted by Gasteiger charge is 2.14. The average Bonchev–Trinajstić information content (AvgIpc) is 2.89. The standard InChI is InChI=1S/C13H16N4/c1-2-4-12-11(3-1)13(17-9-16-12)15-8-10-5-6-14-7-10/h1-4,9-10,14H,5-8H2,(H,15,16,17). The van der Waals surface area contributed by atoms with Gasteiger partial charge < -0.3 is 10.6 Å². The first-order valence-corrected chi connectivity index (χ1v) is 6.08. The second kappa shape index (κ2) is 4.67. The molecular weight excluding hydrogens is 212 g/mol. The highest BCUT2D eigenvalue weighted by molar-refractivity contribution is 5.88. The molecule has 4 heteroatoms. The van der Waals surface area contributed by atoms with Crippen LogP contribution in [0.4, 0.5) is 5.82 Å². The van der Waals surface area contributed by atoms with E-state index in [-0.39, 0.29) is 0 Å². The van der Waals surface area contributed by atoms with Crippen molar-refractivity contribution in [3.63, 3.8) is 0 Å². The van der Waals surface area contributed by atoms with Crippen LogP contribution in [0.3, 0.4) is 0 Å². The van der Waals surface area contributed by atoms with Gasteiger partial charge in [0.05, 0.1) is 5.52 Å². The van der Waals surface area contributed by atoms with Crippen LogP contribution in [-0.2, 0) is 0 Å². The first kappa shape index (κ1) is 10.5. The molecule has 1 aliphatic rings. The van der Waals surface area contributed by atoms with Gasteiger partial charge in [0.25, 0.3) is 0 Å². The first-order valence-electron chi connectivity index (χ1n) is 6.08. The Morgan fingerprint density at radius 2 is 2.24 bits per heavy atom. The molecule has 1 aliphatic heterocycles. The van der Waals surface area contributed by atoms with Crippen LogP contribution in [0.5, 0.6) is 0 Å². The fourth-order valence-corrected chi connectivity index (χ4v) is 2.28. The predicted octanol–water partition coefficient (Wildman–Crippen LogP) is 1.65. The summed E-state index contributed by atoms with van der Waals surface area (Å²) in [5.41, 5.74) is 0.995. The molecule has 2 aromatic rings. The van der Waals surface area contributed by atoms with E-state index in [2.05, 4.69) is 26.7 Å². The number of nitrogens with one attached hydrogen (secondary N) is 2. The zero-order chi connectivity index (χ0) is 11.5. The molecular formula is C13H16N4. The van der Waals surface area contributed by atoms with Gasteiger partial charge in [-0.25, -0.2) is 9.97 Å². The molecule has 17 heavy (non-hydrogen) atoms. The molecule has 0 bridgehead atoms. The maximum atomic E-state index is 4.33. The van der Waals surface area contributed by atoms with Crippen molar-refractivity contribution in [2.75, 3.05) is 25.0 Å². The monoisotopic (exact) mass is 228 g/mol. The highest BCUT2D eigenvalue weighted by atomic mass is 15.0. The third-order valence-corrected chi connectivity index (χ3v) is 3.26. The Bertz CT molecular complexity index is 500. The molecule has 3 rings (SSSR count). The zero-order valence-corrected chi connectivity index (χ0v) is 9.69. The van der Waals surface area contributed by atoms with Crippen LogP contribution < -0.4 is 10.6 Å². The van der Waals surface area contributed by atoms with Crippen molar-refractivity contribution < 1.29 is 0 Å². The van der Waals surface area contributed by atoms with Crippen molar-refractivity contribution in [2.45, 2.75) is 6.42 Å². The lowest BCUT2D eigenvalue weighted by Crippen LogP contribution is -2.17. The van der Waals surface area contributed by atoms with Crippen molar-refractivity contribution in [3.8, 4) is 0 Å². The largest absolute Gasteiger partial charge is 0.369 e. The molecule has 1 fully saturated rings. The molecule has 0 aliphatic carbocycles. The molecule has 1 atom stereocenters. The number of nitrogens with zero attached hydrogens (tertiary/aromatic N) is 2. The van der Waals surface area contributed by atoms with E-state index < -0.39 is 0 Å². The van der Waals surface area contributed by atoms with Crippen molar-refractivity contribution in [1.29, 1.82) is 0 Å². The van der Waals surface area contributed by atoms with Crippen LogP contribution in [0.2, 0.25) is 0 Å². The van der Waals surface area contributed by atoms with Crippen LogP contribution in [0.15, 0.2) is 30.6 Å². The molecule has 2 heterocycles. The van der Waals surface area contributed by atoms with Gasteiger partial charge in [-0.3, -0.25) is 0 Å². The lowest BCUT2D eigenvalue weighted by molar-refractivity contribution is 0.614. The summed E-state index contributed by atoms with van der Waals surface area (Å²) < 4.78 is 0. The summed E-state index contributed by atoms with van der Waals surface area (Å²) in [7, 11) is 0. The van der Waals surface area contributed by atoms with Crippen LogP contribution in [0.1, 0.15) is 6.42 Å². The average molecular weight is 228 g/mol. The SMILES string of the molecule is c1ccc2c(NCC3CCNC3)ncnc2c1. The topological polar surface area (TPSA) is 49.8 Å². The molecule has 2 N–H and O–H groups in total. The number of para-hydroxylation sites is 1. The Hall–Kier alpha value is -1.68. The van der Waals surface area contributed by atoms with Gasteiger partial charge in [-0.2, -0.15) is 0 Å². The Morgan fingerprint density at radius 3 is 3.12 bits per heavy atom. The quantitative estimate of drug-likeness (QED) is 0.838. The van der Waals surface area contributed by atoms with Gasteiger partial charge in [-0.05, 0) is 37.6 Å². The minimum Gasteiger partial charge on any atom is -0.369 e. The normalized spacial score (nSPS) is 19.6. The van der Waals surface area contributed by atoms with E-state index in [0.717, 1.165) is 36.4 Å². The molecule has 1 aromatic carbocycles. The van der Waals surface area contributed by atoms with Gasteiger partial charge in [0, 0.05) is 11.9 Å². The molecule has 0 saturated carbocycles. The zero-order valence-electron chi connectivity index (χ0n) is 9.69. The van der Waals surface area contributed by atoms with E-state index in [1.807, 2.05) is 18.2 Å². The van der Waals surface area contributed by atoms with E-state index in [4.69, 9.17) is 0 Å². The van der Waals surface area contributed by atoms with Crippen molar-refractivity contribution in [3.05, 3.63) is 30.6 Å². The summed E-state index contributed by atoms with van der Waals surface area (Å²) >= 11 is 0. The molecule has 4 nitrogen and oxygen atoms in total. The van der Waals surface area contributed by atoms with Gasteiger partial charge in [-0.1, -0.05) is 12.1 Å². The maximum Gasteiger partial charge on any atom is 0.137 e. The number of hydrogen-bond donors (Lipinski definition) is 2. The van der Waals surface area contributed by atoms with Crippen molar-refractivity contribution >= 4 is 16.7 Å². The molecule has 1 saturated heterocycles. The Labute approximate surface area is 100 Å². The van der Waals surface area contributed by atoms with Crippen molar-refractivity contribution in [2.24, 2.45) is 5.92 Å². The number of anilines is 1. The van der Waals surface area contributed by atoms with Gasteiger partial charge in [0.1, 0.15) is 12.1 Å². The Morgan fingerprint density at radius 1 is 1.29 bits per heavy atom. The summed E-state index contributed by atoms with van der Waals surface area (Å²) in [4.78, 5) is 8.58. The third kappa shape index (κ3) is 2.22. The predicted molar refractivity (Wildman–Crippen MR) is 69.0 cm³/mol. The smallest absolute Gasteiger partial charge is 0.137 e. The number of aromatic nitrogens is 2. The molecule has 0 radical (unpaired) electrons. The summed E-state index contributed by atoms with van der Waals surface area (Å²) in [6.45, 7) is 3.22. The van der Waals surface area contributed by atoms with Gasteiger partial charge in [0.15, 0.2) is 0 Å². The maximum absolute atomic E-state index is 4.33. The fourth-order valence-electron chi connectivity index (χ4n) is 2.28. The van der Waals surface area contributed by atoms with Crippen molar-refractivity contribution in [1.82, 2.24) is 15.3 Å². The second-order valence-electron chi connectivity index (χ2n) is 4.48. The third-order valence-electron chi connectivity index (χ3n) is 3.26. The molecule has 0 spiro atoms. The molecule has 88 valence electrons. The molecule has 0 amide bonds. The van der Waals surface area contributed by atoms with E-state index >= 15 is 0 Å². The second-order valence-corrected chi connectivity index (χ2v) is 4.48. The van der Waals surface area contributed by atoms with Gasteiger partial charge >= 0.3 is 0 Å². The summed E-state index contributed by atoms with van der Waals surface area (Å²) in [6.07, 6.45) is 2.87. The van der Waals surface area contributed by atoms with E-state index in [0.29, 0.717) is 5.92 Å². The lowest BCUT2D eigenvalue weighted by atomic mass is 10.1. The number of hydrogen-bond acceptors (Lipinski definition) is 4. The molecule has 1 unspecified atom stereocenters. The minimum absolute atomic E-state index is 0.712. The Kier molecular flexibility index (Phi) is 2.88.